The average Bonchev–Trinajstić information content (AvgIpc) is 3.10. The second-order valence-corrected chi connectivity index (χ2v) is 7.00. The fourth-order valence-electron chi connectivity index (χ4n) is 2.97. The number of aliphatic hydroxyl groups is 1. The van der Waals surface area contributed by atoms with Crippen LogP contribution < -0.4 is 0 Å². The van der Waals surface area contributed by atoms with E-state index in [1.54, 1.807) is 23.1 Å². The highest BCUT2D eigenvalue weighted by Gasteiger charge is 2.34. The fourth-order valence-corrected chi connectivity index (χ4v) is 3.29. The topological polar surface area (TPSA) is 66.6 Å². The minimum absolute atomic E-state index is 0.0383. The summed E-state index contributed by atoms with van der Waals surface area (Å²) in [5.74, 6) is 0.647. The molecule has 0 aliphatic carbocycles. The molecule has 0 unspecified atom stereocenters. The lowest BCUT2D eigenvalue weighted by Gasteiger charge is -2.16. The third kappa shape index (κ3) is 3.91. The van der Waals surface area contributed by atoms with Gasteiger partial charge in [-0.2, -0.15) is 0 Å². The summed E-state index contributed by atoms with van der Waals surface area (Å²) < 4.78 is 5.20. The van der Waals surface area contributed by atoms with Crippen molar-refractivity contribution >= 4 is 29.1 Å². The van der Waals surface area contributed by atoms with E-state index < -0.39 is 6.10 Å². The zero-order valence-corrected chi connectivity index (χ0v) is 14.7. The SMILES string of the molecule is Cc1cc(C[C@@H]2CN(C(=O)Cc3ccc(Cl)c(Cl)c3)C[C@H]2O)on1. The summed E-state index contributed by atoms with van der Waals surface area (Å²) in [5.41, 5.74) is 1.61. The summed E-state index contributed by atoms with van der Waals surface area (Å²) in [6.07, 6.45) is 0.240. The van der Waals surface area contributed by atoms with Crippen molar-refractivity contribution in [2.45, 2.75) is 25.9 Å². The van der Waals surface area contributed by atoms with Gasteiger partial charge < -0.3 is 14.5 Å². The van der Waals surface area contributed by atoms with Crippen molar-refractivity contribution in [1.29, 1.82) is 0 Å². The van der Waals surface area contributed by atoms with Crippen molar-refractivity contribution in [3.8, 4) is 0 Å². The van der Waals surface area contributed by atoms with Crippen molar-refractivity contribution < 1.29 is 14.4 Å². The Bertz CT molecular complexity index is 747. The zero-order chi connectivity index (χ0) is 17.3. The molecule has 1 amide bonds. The first-order valence-corrected chi connectivity index (χ1v) is 8.50. The predicted octanol–water partition coefficient (Wildman–Crippen LogP) is 2.89. The van der Waals surface area contributed by atoms with E-state index >= 15 is 0 Å². The highest BCUT2D eigenvalue weighted by atomic mass is 35.5. The minimum atomic E-state index is -0.562. The quantitative estimate of drug-likeness (QED) is 0.900. The Labute approximate surface area is 150 Å². The first-order chi connectivity index (χ1) is 11.4. The van der Waals surface area contributed by atoms with Gasteiger partial charge in [0.05, 0.1) is 28.3 Å². The number of aliphatic hydroxyl groups excluding tert-OH is 1. The third-order valence-electron chi connectivity index (χ3n) is 4.24. The average molecular weight is 369 g/mol. The molecular formula is C17H18Cl2N2O3. The number of hydrogen-bond acceptors (Lipinski definition) is 4. The molecule has 7 heteroatoms. The lowest BCUT2D eigenvalue weighted by molar-refractivity contribution is -0.129. The van der Waals surface area contributed by atoms with Crippen LogP contribution in [0.25, 0.3) is 0 Å². The number of aromatic nitrogens is 1. The van der Waals surface area contributed by atoms with Gasteiger partial charge in [0.15, 0.2) is 0 Å². The van der Waals surface area contributed by atoms with Gasteiger partial charge in [-0.05, 0) is 24.6 Å². The first kappa shape index (κ1) is 17.3. The number of halogens is 2. The van der Waals surface area contributed by atoms with Gasteiger partial charge in [0, 0.05) is 31.5 Å². The number of rotatable bonds is 4. The summed E-state index contributed by atoms with van der Waals surface area (Å²) in [6.45, 7) is 2.68. The number of hydrogen-bond donors (Lipinski definition) is 1. The molecule has 1 saturated heterocycles. The van der Waals surface area contributed by atoms with Crippen LogP contribution in [0.4, 0.5) is 0 Å². The van der Waals surface area contributed by atoms with E-state index in [0.29, 0.717) is 29.6 Å². The first-order valence-electron chi connectivity index (χ1n) is 7.74. The molecule has 0 bridgehead atoms. The van der Waals surface area contributed by atoms with Crippen LogP contribution in [0.5, 0.6) is 0 Å². The molecule has 0 spiro atoms. The van der Waals surface area contributed by atoms with Crippen molar-refractivity contribution in [2.75, 3.05) is 13.1 Å². The maximum absolute atomic E-state index is 12.5. The second kappa shape index (κ2) is 7.13. The molecule has 0 saturated carbocycles. The van der Waals surface area contributed by atoms with Crippen LogP contribution in [0, 0.1) is 12.8 Å². The van der Waals surface area contributed by atoms with E-state index in [0.717, 1.165) is 17.0 Å². The van der Waals surface area contributed by atoms with Crippen LogP contribution >= 0.6 is 23.2 Å². The van der Waals surface area contributed by atoms with Crippen LogP contribution in [-0.4, -0.2) is 40.3 Å². The minimum Gasteiger partial charge on any atom is -0.391 e. The predicted molar refractivity (Wildman–Crippen MR) is 91.2 cm³/mol. The number of aryl methyl sites for hydroxylation is 1. The highest BCUT2D eigenvalue weighted by molar-refractivity contribution is 6.42. The molecule has 1 aliphatic heterocycles. The van der Waals surface area contributed by atoms with Gasteiger partial charge in [-0.15, -0.1) is 0 Å². The summed E-state index contributed by atoms with van der Waals surface area (Å²) in [7, 11) is 0. The number of amides is 1. The van der Waals surface area contributed by atoms with Gasteiger partial charge in [-0.1, -0.05) is 34.4 Å². The Kier molecular flexibility index (Phi) is 5.13. The molecule has 1 N–H and O–H groups in total. The summed E-state index contributed by atoms with van der Waals surface area (Å²) in [4.78, 5) is 14.1. The molecule has 128 valence electrons. The largest absolute Gasteiger partial charge is 0.391 e. The van der Waals surface area contributed by atoms with Gasteiger partial charge in [0.1, 0.15) is 5.76 Å². The number of carbonyl (C=O) groups is 1. The van der Waals surface area contributed by atoms with Crippen molar-refractivity contribution in [3.05, 3.63) is 51.3 Å². The van der Waals surface area contributed by atoms with E-state index in [9.17, 15) is 9.90 Å². The maximum atomic E-state index is 12.5. The van der Waals surface area contributed by atoms with E-state index in [4.69, 9.17) is 27.7 Å². The van der Waals surface area contributed by atoms with E-state index in [1.807, 2.05) is 13.0 Å². The lowest BCUT2D eigenvalue weighted by Crippen LogP contribution is -2.31. The van der Waals surface area contributed by atoms with Crippen molar-refractivity contribution in [1.82, 2.24) is 10.1 Å². The molecule has 2 aromatic rings. The van der Waals surface area contributed by atoms with Crippen LogP contribution in [0.2, 0.25) is 10.0 Å². The lowest BCUT2D eigenvalue weighted by atomic mass is 10.0. The number of benzene rings is 1. The molecule has 1 fully saturated rings. The number of likely N-dealkylation sites (tertiary alicyclic amines) is 1. The molecule has 2 atom stereocenters. The molecule has 5 nitrogen and oxygen atoms in total. The third-order valence-corrected chi connectivity index (χ3v) is 4.98. The van der Waals surface area contributed by atoms with Gasteiger partial charge in [0.25, 0.3) is 0 Å². The Morgan fingerprint density at radius 1 is 1.33 bits per heavy atom. The van der Waals surface area contributed by atoms with Gasteiger partial charge in [0.2, 0.25) is 5.91 Å². The molecule has 2 heterocycles. The van der Waals surface area contributed by atoms with Crippen LogP contribution in [0.3, 0.4) is 0 Å². The Morgan fingerprint density at radius 3 is 2.79 bits per heavy atom. The molecular weight excluding hydrogens is 351 g/mol. The van der Waals surface area contributed by atoms with Gasteiger partial charge in [-0.3, -0.25) is 4.79 Å². The van der Waals surface area contributed by atoms with Gasteiger partial charge >= 0.3 is 0 Å². The van der Waals surface area contributed by atoms with Crippen LogP contribution in [-0.2, 0) is 17.6 Å². The standard InChI is InChI=1S/C17H18Cl2N2O3/c1-10-4-13(24-20-10)7-12-8-21(9-16(12)22)17(23)6-11-2-3-14(18)15(19)5-11/h2-5,12,16,22H,6-9H2,1H3/t12-,16-/m1/s1. The summed E-state index contributed by atoms with van der Waals surface area (Å²) in [6, 6.07) is 7.02. The molecule has 24 heavy (non-hydrogen) atoms. The molecule has 1 aromatic carbocycles. The summed E-state index contributed by atoms with van der Waals surface area (Å²) in [5, 5.41) is 15.0. The molecule has 1 aromatic heterocycles. The van der Waals surface area contributed by atoms with Crippen LogP contribution in [0.15, 0.2) is 28.8 Å². The fraction of sp³-hybridized carbons (Fsp3) is 0.412. The zero-order valence-electron chi connectivity index (χ0n) is 13.2. The number of nitrogens with zero attached hydrogens (tertiary/aromatic N) is 2. The van der Waals surface area contributed by atoms with E-state index in [2.05, 4.69) is 5.16 Å². The second-order valence-electron chi connectivity index (χ2n) is 6.19. The van der Waals surface area contributed by atoms with Crippen molar-refractivity contribution in [2.24, 2.45) is 5.92 Å². The Hall–Kier alpha value is -1.56. The number of carbonyl (C=O) groups excluding carboxylic acids is 1. The smallest absolute Gasteiger partial charge is 0.227 e. The number of β-amino-alcohol motifs (C(OH)–C–C–N with tert-alkyl or cyclic N) is 1. The Morgan fingerprint density at radius 2 is 2.12 bits per heavy atom. The summed E-state index contributed by atoms with van der Waals surface area (Å²) >= 11 is 11.9. The van der Waals surface area contributed by atoms with Crippen LogP contribution in [0.1, 0.15) is 17.0 Å². The normalized spacial score (nSPS) is 20.6. The highest BCUT2D eigenvalue weighted by Crippen LogP contribution is 2.25. The van der Waals surface area contributed by atoms with E-state index in [-0.39, 0.29) is 18.2 Å². The van der Waals surface area contributed by atoms with Gasteiger partial charge in [-0.25, -0.2) is 0 Å². The van der Waals surface area contributed by atoms with E-state index in [1.165, 1.54) is 0 Å². The maximum Gasteiger partial charge on any atom is 0.227 e. The molecule has 3 rings (SSSR count). The monoisotopic (exact) mass is 368 g/mol. The molecule has 1 aliphatic rings. The molecule has 0 radical (unpaired) electrons. The Balaban J connectivity index is 1.60. The van der Waals surface area contributed by atoms with Crippen molar-refractivity contribution in [3.63, 3.8) is 0 Å².